The predicted octanol–water partition coefficient (Wildman–Crippen LogP) is 5.39. The highest BCUT2D eigenvalue weighted by molar-refractivity contribution is 8.02. The summed E-state index contributed by atoms with van der Waals surface area (Å²) in [6.07, 6.45) is 0. The van der Waals surface area contributed by atoms with E-state index in [9.17, 15) is 9.59 Å². The van der Waals surface area contributed by atoms with Crippen molar-refractivity contribution in [2.24, 2.45) is 0 Å². The zero-order valence-electron chi connectivity index (χ0n) is 17.2. The van der Waals surface area contributed by atoms with E-state index in [1.807, 2.05) is 62.4 Å². The highest BCUT2D eigenvalue weighted by Gasteiger charge is 2.23. The molecule has 0 spiro atoms. The Bertz CT molecular complexity index is 1260. The van der Waals surface area contributed by atoms with Crippen LogP contribution in [0.25, 0.3) is 10.9 Å². The van der Waals surface area contributed by atoms with Crippen LogP contribution in [0.5, 0.6) is 0 Å². The molecule has 7 nitrogen and oxygen atoms in total. The molecule has 0 aliphatic rings. The lowest BCUT2D eigenvalue weighted by atomic mass is 10.1. The molecule has 9 heteroatoms. The lowest BCUT2D eigenvalue weighted by molar-refractivity contribution is -0.114. The molecule has 2 aromatic heterocycles. The predicted molar refractivity (Wildman–Crippen MR) is 127 cm³/mol. The molecule has 0 fully saturated rings. The number of aromatic nitrogens is 3. The molecule has 2 aromatic carbocycles. The zero-order valence-corrected chi connectivity index (χ0v) is 18.9. The Balaban J connectivity index is 1.45. The molecule has 0 aliphatic carbocycles. The first-order chi connectivity index (χ1) is 14.9. The Kier molecular flexibility index (Phi) is 6.06. The average molecular weight is 452 g/mol. The molecule has 0 radical (unpaired) electrons. The standard InChI is InChI=1S/C22H21N5O2S2/c1-12-19(17-9-4-5-10-18(17)23-12)20(29)13(2)30-22-27-26-21(31-22)25-16-8-6-7-15(11-16)24-14(3)28/h4-11,13,23H,1-3H3,(H,24,28)(H,25,26). The topological polar surface area (TPSA) is 99.8 Å². The number of carbonyl (C=O) groups excluding carboxylic acids is 2. The summed E-state index contributed by atoms with van der Waals surface area (Å²) in [5.41, 5.74) is 4.05. The van der Waals surface area contributed by atoms with Crippen LogP contribution in [-0.2, 0) is 4.79 Å². The zero-order chi connectivity index (χ0) is 22.0. The summed E-state index contributed by atoms with van der Waals surface area (Å²) in [5.74, 6) is -0.0662. The van der Waals surface area contributed by atoms with Crippen molar-refractivity contribution in [3.8, 4) is 0 Å². The molecule has 0 bridgehead atoms. The molecule has 2 heterocycles. The van der Waals surface area contributed by atoms with Crippen LogP contribution >= 0.6 is 23.1 Å². The minimum absolute atomic E-state index is 0.0627. The Morgan fingerprint density at radius 2 is 1.87 bits per heavy atom. The molecular formula is C22H21N5O2S2. The molecule has 1 amide bonds. The largest absolute Gasteiger partial charge is 0.358 e. The van der Waals surface area contributed by atoms with Crippen LogP contribution in [-0.4, -0.2) is 32.1 Å². The van der Waals surface area contributed by atoms with Crippen molar-refractivity contribution in [1.82, 2.24) is 15.2 Å². The Hall–Kier alpha value is -3.17. The summed E-state index contributed by atoms with van der Waals surface area (Å²) >= 11 is 2.78. The third-order valence-electron chi connectivity index (χ3n) is 4.63. The number of ketones is 1. The van der Waals surface area contributed by atoms with Gasteiger partial charge in [-0.3, -0.25) is 9.59 Å². The number of amides is 1. The number of H-pyrrole nitrogens is 1. The summed E-state index contributed by atoms with van der Waals surface area (Å²) in [6, 6.07) is 15.2. The molecule has 0 aliphatic heterocycles. The second kappa shape index (κ2) is 8.91. The summed E-state index contributed by atoms with van der Waals surface area (Å²) in [7, 11) is 0. The van der Waals surface area contributed by atoms with Crippen molar-refractivity contribution in [2.75, 3.05) is 10.6 Å². The third kappa shape index (κ3) is 4.78. The van der Waals surface area contributed by atoms with E-state index < -0.39 is 0 Å². The number of anilines is 3. The van der Waals surface area contributed by atoms with Crippen molar-refractivity contribution in [1.29, 1.82) is 0 Å². The number of hydrogen-bond donors (Lipinski definition) is 3. The van der Waals surface area contributed by atoms with Gasteiger partial charge in [0, 0.05) is 40.5 Å². The number of benzene rings is 2. The van der Waals surface area contributed by atoms with Crippen LogP contribution in [0.3, 0.4) is 0 Å². The van der Waals surface area contributed by atoms with Crippen LogP contribution in [0.1, 0.15) is 29.9 Å². The number of carbonyl (C=O) groups is 2. The van der Waals surface area contributed by atoms with Gasteiger partial charge in [-0.1, -0.05) is 47.4 Å². The molecule has 4 rings (SSSR count). The van der Waals surface area contributed by atoms with E-state index in [0.29, 0.717) is 15.2 Å². The first-order valence-corrected chi connectivity index (χ1v) is 11.4. The van der Waals surface area contributed by atoms with E-state index >= 15 is 0 Å². The summed E-state index contributed by atoms with van der Waals surface area (Å²) in [4.78, 5) is 27.7. The molecule has 1 unspecified atom stereocenters. The molecule has 0 saturated heterocycles. The number of aromatic amines is 1. The van der Waals surface area contributed by atoms with Crippen molar-refractivity contribution in [3.63, 3.8) is 0 Å². The van der Waals surface area contributed by atoms with E-state index in [4.69, 9.17) is 0 Å². The number of nitrogens with zero attached hydrogens (tertiary/aromatic N) is 2. The first kappa shape index (κ1) is 21.1. The van der Waals surface area contributed by atoms with Gasteiger partial charge in [0.05, 0.1) is 5.25 Å². The number of nitrogens with one attached hydrogen (secondary N) is 3. The quantitative estimate of drug-likeness (QED) is 0.257. The lowest BCUT2D eigenvalue weighted by Gasteiger charge is -2.08. The maximum atomic E-state index is 13.1. The number of rotatable bonds is 7. The fourth-order valence-electron chi connectivity index (χ4n) is 3.31. The van der Waals surface area contributed by atoms with Crippen molar-refractivity contribution in [2.45, 2.75) is 30.4 Å². The number of hydrogen-bond acceptors (Lipinski definition) is 7. The van der Waals surface area contributed by atoms with E-state index in [1.54, 1.807) is 0 Å². The van der Waals surface area contributed by atoms with Gasteiger partial charge < -0.3 is 15.6 Å². The van der Waals surface area contributed by atoms with Crippen LogP contribution in [0.2, 0.25) is 0 Å². The van der Waals surface area contributed by atoms with Gasteiger partial charge in [0.2, 0.25) is 11.0 Å². The smallest absolute Gasteiger partial charge is 0.221 e. The third-order valence-corrected chi connectivity index (χ3v) is 6.65. The van der Waals surface area contributed by atoms with Crippen molar-refractivity contribution in [3.05, 3.63) is 59.8 Å². The maximum Gasteiger partial charge on any atom is 0.221 e. The minimum Gasteiger partial charge on any atom is -0.358 e. The number of aryl methyl sites for hydroxylation is 1. The Labute approximate surface area is 187 Å². The lowest BCUT2D eigenvalue weighted by Crippen LogP contribution is -2.14. The molecule has 1 atom stereocenters. The van der Waals surface area contributed by atoms with Gasteiger partial charge in [-0.2, -0.15) is 0 Å². The SMILES string of the molecule is CC(=O)Nc1cccc(Nc2nnc(SC(C)C(=O)c3c(C)[nH]c4ccccc34)s2)c1. The van der Waals surface area contributed by atoms with E-state index in [1.165, 1.54) is 30.0 Å². The molecule has 158 valence electrons. The average Bonchev–Trinajstić information content (AvgIpc) is 3.29. The van der Waals surface area contributed by atoms with Crippen LogP contribution in [0.15, 0.2) is 52.9 Å². The van der Waals surface area contributed by atoms with E-state index in [-0.39, 0.29) is 16.9 Å². The summed E-state index contributed by atoms with van der Waals surface area (Å²) in [6.45, 7) is 5.28. The van der Waals surface area contributed by atoms with Gasteiger partial charge >= 0.3 is 0 Å². The normalized spacial score (nSPS) is 12.0. The first-order valence-electron chi connectivity index (χ1n) is 9.67. The second-order valence-electron chi connectivity index (χ2n) is 7.06. The van der Waals surface area contributed by atoms with Gasteiger partial charge in [0.1, 0.15) is 0 Å². The Morgan fingerprint density at radius 3 is 2.68 bits per heavy atom. The molecular weight excluding hydrogens is 430 g/mol. The highest BCUT2D eigenvalue weighted by Crippen LogP contribution is 2.33. The number of thioether (sulfide) groups is 1. The van der Waals surface area contributed by atoms with E-state index in [2.05, 4.69) is 25.8 Å². The summed E-state index contributed by atoms with van der Waals surface area (Å²) < 4.78 is 0.707. The molecule has 3 N–H and O–H groups in total. The number of fused-ring (bicyclic) bond motifs is 1. The van der Waals surface area contributed by atoms with Gasteiger partial charge in [0.15, 0.2) is 10.1 Å². The fourth-order valence-corrected chi connectivity index (χ4v) is 5.29. The monoisotopic (exact) mass is 451 g/mol. The second-order valence-corrected chi connectivity index (χ2v) is 9.62. The van der Waals surface area contributed by atoms with Crippen molar-refractivity contribution < 1.29 is 9.59 Å². The molecule has 0 saturated carbocycles. The highest BCUT2D eigenvalue weighted by atomic mass is 32.2. The van der Waals surface area contributed by atoms with Gasteiger partial charge in [-0.05, 0) is 38.1 Å². The number of para-hydroxylation sites is 1. The van der Waals surface area contributed by atoms with Gasteiger partial charge in [-0.15, -0.1) is 10.2 Å². The van der Waals surface area contributed by atoms with Crippen LogP contribution in [0, 0.1) is 6.92 Å². The van der Waals surface area contributed by atoms with Gasteiger partial charge in [-0.25, -0.2) is 0 Å². The van der Waals surface area contributed by atoms with Crippen LogP contribution in [0.4, 0.5) is 16.5 Å². The fraction of sp³-hybridized carbons (Fsp3) is 0.182. The molecule has 31 heavy (non-hydrogen) atoms. The van der Waals surface area contributed by atoms with Crippen LogP contribution < -0.4 is 10.6 Å². The van der Waals surface area contributed by atoms with Crippen molar-refractivity contribution >= 4 is 62.2 Å². The maximum absolute atomic E-state index is 13.1. The molecule has 4 aromatic rings. The Morgan fingerprint density at radius 1 is 1.10 bits per heavy atom. The summed E-state index contributed by atoms with van der Waals surface area (Å²) in [5, 5.41) is 15.6. The van der Waals surface area contributed by atoms with E-state index in [0.717, 1.165) is 27.8 Å². The van der Waals surface area contributed by atoms with Gasteiger partial charge in [0.25, 0.3) is 0 Å². The number of Topliss-reactive ketones (excluding diaryl/α,β-unsaturated/α-hetero) is 1. The minimum atomic E-state index is -0.304.